The van der Waals surface area contributed by atoms with Gasteiger partial charge in [0.2, 0.25) is 5.91 Å². The number of ether oxygens (including phenoxy) is 1. The average Bonchev–Trinajstić information content (AvgIpc) is 2.72. The number of carbonyl (C=O) groups is 3. The Labute approximate surface area is 129 Å². The highest BCUT2D eigenvalue weighted by atomic mass is 19.1. The molecule has 23 heavy (non-hydrogen) atoms. The van der Waals surface area contributed by atoms with Crippen molar-refractivity contribution in [2.45, 2.75) is 26.1 Å². The number of nitrogens with zero attached hydrogens (tertiary/aromatic N) is 4. The SMILES string of the molecule is CC(=O)N[C@H]1OC(=O)N(c2ccc(C(=O)N=[N+]=[N-])c(F)c2)C1C. The zero-order valence-electron chi connectivity index (χ0n) is 12.2. The van der Waals surface area contributed by atoms with Crippen molar-refractivity contribution in [1.29, 1.82) is 0 Å². The van der Waals surface area contributed by atoms with Crippen molar-refractivity contribution in [3.63, 3.8) is 0 Å². The molecule has 1 N–H and O–H groups in total. The third-order valence-electron chi connectivity index (χ3n) is 3.21. The van der Waals surface area contributed by atoms with Gasteiger partial charge in [0.15, 0.2) is 6.23 Å². The van der Waals surface area contributed by atoms with Gasteiger partial charge in [-0.2, -0.15) is 0 Å². The molecule has 0 bridgehead atoms. The highest BCUT2D eigenvalue weighted by Gasteiger charge is 2.40. The Bertz CT molecular complexity index is 731. The van der Waals surface area contributed by atoms with Crippen LogP contribution in [0.1, 0.15) is 24.2 Å². The van der Waals surface area contributed by atoms with E-state index in [1.165, 1.54) is 13.0 Å². The maximum Gasteiger partial charge on any atom is 0.416 e. The standard InChI is InChI=1S/C13H12FN5O4/c1-6-12(16-7(2)20)23-13(22)19(6)8-3-4-9(10(14)5-8)11(21)17-18-15/h3-6,12H,1-2H3,(H,16,20)/t6?,12-/m0/s1. The lowest BCUT2D eigenvalue weighted by Crippen LogP contribution is -2.43. The van der Waals surface area contributed by atoms with Crippen molar-refractivity contribution in [1.82, 2.24) is 5.32 Å². The van der Waals surface area contributed by atoms with Crippen LogP contribution in [0.3, 0.4) is 0 Å². The Hall–Kier alpha value is -3.13. The van der Waals surface area contributed by atoms with Crippen molar-refractivity contribution < 1.29 is 23.5 Å². The Morgan fingerprint density at radius 1 is 1.48 bits per heavy atom. The van der Waals surface area contributed by atoms with Gasteiger partial charge in [-0.3, -0.25) is 14.5 Å². The fraction of sp³-hybridized carbons (Fsp3) is 0.308. The number of hydrogen-bond acceptors (Lipinski definition) is 4. The first-order chi connectivity index (χ1) is 10.8. The summed E-state index contributed by atoms with van der Waals surface area (Å²) in [5.41, 5.74) is 7.93. The van der Waals surface area contributed by atoms with Gasteiger partial charge in [-0.15, -0.1) is 0 Å². The molecular weight excluding hydrogens is 309 g/mol. The van der Waals surface area contributed by atoms with Crippen LogP contribution in [0, 0.1) is 5.82 Å². The van der Waals surface area contributed by atoms with Gasteiger partial charge in [0.05, 0.1) is 17.3 Å². The maximum atomic E-state index is 14.0. The first kappa shape index (κ1) is 16.2. The molecule has 1 aliphatic heterocycles. The summed E-state index contributed by atoms with van der Waals surface area (Å²) in [5, 5.41) is 5.26. The summed E-state index contributed by atoms with van der Waals surface area (Å²) in [6.45, 7) is 2.89. The molecular formula is C13H12FN5O4. The van der Waals surface area contributed by atoms with E-state index in [2.05, 4.69) is 15.3 Å². The number of azide groups is 1. The lowest BCUT2D eigenvalue weighted by atomic mass is 10.1. The predicted molar refractivity (Wildman–Crippen MR) is 75.9 cm³/mol. The minimum Gasteiger partial charge on any atom is -0.423 e. The van der Waals surface area contributed by atoms with Crippen LogP contribution in [0.25, 0.3) is 10.4 Å². The van der Waals surface area contributed by atoms with Crippen molar-refractivity contribution in [2.75, 3.05) is 4.90 Å². The molecule has 0 radical (unpaired) electrons. The predicted octanol–water partition coefficient (Wildman–Crippen LogP) is 2.08. The zero-order valence-corrected chi connectivity index (χ0v) is 12.2. The molecule has 0 spiro atoms. The molecule has 1 saturated heterocycles. The second-order valence-electron chi connectivity index (χ2n) is 4.77. The van der Waals surface area contributed by atoms with Gasteiger partial charge in [-0.05, 0) is 35.8 Å². The summed E-state index contributed by atoms with van der Waals surface area (Å²) in [6.07, 6.45) is -1.63. The van der Waals surface area contributed by atoms with E-state index in [0.717, 1.165) is 17.0 Å². The summed E-state index contributed by atoms with van der Waals surface area (Å²) in [5.74, 6) is -2.38. The molecule has 1 aliphatic rings. The topological polar surface area (TPSA) is 124 Å². The van der Waals surface area contributed by atoms with Crippen molar-refractivity contribution in [2.24, 2.45) is 5.11 Å². The number of nitrogens with one attached hydrogen (secondary N) is 1. The average molecular weight is 321 g/mol. The molecule has 0 aliphatic carbocycles. The first-order valence-electron chi connectivity index (χ1n) is 6.51. The number of rotatable bonds is 3. The van der Waals surface area contributed by atoms with Crippen LogP contribution in [0.5, 0.6) is 0 Å². The Morgan fingerprint density at radius 3 is 2.74 bits per heavy atom. The molecule has 3 amide bonds. The van der Waals surface area contributed by atoms with Gasteiger partial charge in [0.1, 0.15) is 5.82 Å². The number of cyclic esters (lactones) is 1. The maximum absolute atomic E-state index is 14.0. The molecule has 1 aromatic carbocycles. The fourth-order valence-electron chi connectivity index (χ4n) is 2.18. The van der Waals surface area contributed by atoms with Crippen LogP contribution >= 0.6 is 0 Å². The Balaban J connectivity index is 2.30. The largest absolute Gasteiger partial charge is 0.423 e. The van der Waals surface area contributed by atoms with E-state index in [1.807, 2.05) is 0 Å². The summed E-state index contributed by atoms with van der Waals surface area (Å²) in [6, 6.07) is 2.79. The number of hydrogen-bond donors (Lipinski definition) is 1. The van der Waals surface area contributed by atoms with Gasteiger partial charge < -0.3 is 10.1 Å². The fourth-order valence-corrected chi connectivity index (χ4v) is 2.18. The molecule has 0 saturated carbocycles. The third kappa shape index (κ3) is 3.22. The van der Waals surface area contributed by atoms with Crippen LogP contribution < -0.4 is 10.2 Å². The summed E-state index contributed by atoms with van der Waals surface area (Å²) < 4.78 is 19.0. The minimum atomic E-state index is -1.07. The molecule has 1 unspecified atom stereocenters. The van der Waals surface area contributed by atoms with E-state index in [-0.39, 0.29) is 11.6 Å². The van der Waals surface area contributed by atoms with Gasteiger partial charge >= 0.3 is 6.09 Å². The van der Waals surface area contributed by atoms with E-state index in [4.69, 9.17) is 10.3 Å². The highest BCUT2D eigenvalue weighted by Crippen LogP contribution is 2.27. The number of carbonyl (C=O) groups excluding carboxylic acids is 3. The van der Waals surface area contributed by atoms with Crippen LogP contribution in [0.4, 0.5) is 14.9 Å². The van der Waals surface area contributed by atoms with Crippen molar-refractivity contribution in [3.8, 4) is 0 Å². The Morgan fingerprint density at radius 2 is 2.17 bits per heavy atom. The smallest absolute Gasteiger partial charge is 0.416 e. The summed E-state index contributed by atoms with van der Waals surface area (Å²) in [7, 11) is 0. The second kappa shape index (κ2) is 6.32. The molecule has 2 rings (SSSR count). The molecule has 9 nitrogen and oxygen atoms in total. The minimum absolute atomic E-state index is 0.144. The van der Waals surface area contributed by atoms with Gasteiger partial charge in [0, 0.05) is 11.8 Å². The van der Waals surface area contributed by atoms with Crippen LogP contribution in [-0.2, 0) is 9.53 Å². The van der Waals surface area contributed by atoms with Crippen LogP contribution in [0.2, 0.25) is 0 Å². The molecule has 120 valence electrons. The third-order valence-corrected chi connectivity index (χ3v) is 3.21. The van der Waals surface area contributed by atoms with E-state index in [9.17, 15) is 18.8 Å². The molecule has 0 aromatic heterocycles. The van der Waals surface area contributed by atoms with Crippen molar-refractivity contribution in [3.05, 3.63) is 40.0 Å². The van der Waals surface area contributed by atoms with E-state index < -0.39 is 35.7 Å². The number of anilines is 1. The molecule has 2 atom stereocenters. The number of halogens is 1. The lowest BCUT2D eigenvalue weighted by molar-refractivity contribution is -0.121. The molecule has 1 fully saturated rings. The van der Waals surface area contributed by atoms with Gasteiger partial charge in [-0.1, -0.05) is 0 Å². The normalized spacial score (nSPS) is 19.8. The molecule has 1 heterocycles. The number of benzene rings is 1. The zero-order chi connectivity index (χ0) is 17.1. The van der Waals surface area contributed by atoms with Gasteiger partial charge in [0.25, 0.3) is 5.91 Å². The highest BCUT2D eigenvalue weighted by molar-refractivity contribution is 5.96. The first-order valence-corrected chi connectivity index (χ1v) is 6.51. The summed E-state index contributed by atoms with van der Waals surface area (Å²) in [4.78, 5) is 37.8. The Kier molecular flexibility index (Phi) is 4.47. The molecule has 10 heteroatoms. The van der Waals surface area contributed by atoms with Crippen LogP contribution in [-0.4, -0.2) is 30.2 Å². The monoisotopic (exact) mass is 321 g/mol. The second-order valence-corrected chi connectivity index (χ2v) is 4.77. The quantitative estimate of drug-likeness (QED) is 0.519. The van der Waals surface area contributed by atoms with Gasteiger partial charge in [-0.25, -0.2) is 9.18 Å². The van der Waals surface area contributed by atoms with Crippen molar-refractivity contribution >= 4 is 23.6 Å². The number of amides is 3. The lowest BCUT2D eigenvalue weighted by Gasteiger charge is -2.21. The van der Waals surface area contributed by atoms with E-state index in [1.54, 1.807) is 6.92 Å². The van der Waals surface area contributed by atoms with Crippen LogP contribution in [0.15, 0.2) is 23.3 Å². The molecule has 1 aromatic rings. The summed E-state index contributed by atoms with van der Waals surface area (Å²) >= 11 is 0. The van der Waals surface area contributed by atoms with E-state index in [0.29, 0.717) is 0 Å². The van der Waals surface area contributed by atoms with E-state index >= 15 is 0 Å².